The minimum atomic E-state index is 0.0367. The predicted molar refractivity (Wildman–Crippen MR) is 83.1 cm³/mol. The van der Waals surface area contributed by atoms with E-state index in [-0.39, 0.29) is 5.78 Å². The van der Waals surface area contributed by atoms with Crippen LogP contribution in [0.2, 0.25) is 0 Å². The summed E-state index contributed by atoms with van der Waals surface area (Å²) in [6, 6.07) is 9.45. The third-order valence-corrected chi connectivity index (χ3v) is 3.71. The molecule has 0 spiro atoms. The van der Waals surface area contributed by atoms with Crippen LogP contribution in [0.3, 0.4) is 0 Å². The summed E-state index contributed by atoms with van der Waals surface area (Å²) in [7, 11) is 3.20. The molecule has 0 radical (unpaired) electrons. The number of ether oxygens (including phenoxy) is 2. The second kappa shape index (κ2) is 5.09. The Labute approximate surface area is 123 Å². The second-order valence-corrected chi connectivity index (χ2v) is 4.83. The Morgan fingerprint density at radius 1 is 1.00 bits per heavy atom. The van der Waals surface area contributed by atoms with Gasteiger partial charge in [-0.15, -0.1) is 0 Å². The van der Waals surface area contributed by atoms with Gasteiger partial charge in [-0.05, 0) is 24.1 Å². The molecule has 2 aromatic rings. The van der Waals surface area contributed by atoms with Crippen LogP contribution in [0.25, 0.3) is 17.2 Å². The summed E-state index contributed by atoms with van der Waals surface area (Å²) in [5, 5.41) is 0. The minimum Gasteiger partial charge on any atom is -0.493 e. The number of rotatable bonds is 3. The summed E-state index contributed by atoms with van der Waals surface area (Å²) in [5.74, 6) is 1.28. The zero-order chi connectivity index (χ0) is 15.0. The maximum absolute atomic E-state index is 12.7. The summed E-state index contributed by atoms with van der Waals surface area (Å²) in [6.45, 7) is 1.93. The zero-order valence-corrected chi connectivity index (χ0v) is 12.3. The smallest absolute Gasteiger partial charge is 0.195 e. The molecular formula is C18H16O3. The molecule has 0 saturated carbocycles. The molecule has 0 heterocycles. The Bertz CT molecular complexity index is 757. The van der Waals surface area contributed by atoms with Crippen LogP contribution in [-0.4, -0.2) is 20.0 Å². The number of hydrogen-bond acceptors (Lipinski definition) is 3. The predicted octanol–water partition coefficient (Wildman–Crippen LogP) is 3.95. The molecule has 0 aromatic heterocycles. The number of carbonyl (C=O) groups is 1. The van der Waals surface area contributed by atoms with E-state index >= 15 is 0 Å². The number of allylic oxidation sites excluding steroid dienone is 1. The van der Waals surface area contributed by atoms with Gasteiger partial charge in [0.1, 0.15) is 0 Å². The first-order chi connectivity index (χ1) is 10.2. The van der Waals surface area contributed by atoms with Crippen molar-refractivity contribution >= 4 is 11.9 Å². The third kappa shape index (κ3) is 1.85. The molecule has 0 saturated heterocycles. The summed E-state index contributed by atoms with van der Waals surface area (Å²) < 4.78 is 10.9. The Morgan fingerprint density at radius 3 is 2.33 bits per heavy atom. The van der Waals surface area contributed by atoms with E-state index < -0.39 is 0 Å². The molecule has 0 N–H and O–H groups in total. The highest BCUT2D eigenvalue weighted by atomic mass is 16.5. The maximum atomic E-state index is 12.7. The first-order valence-electron chi connectivity index (χ1n) is 6.78. The maximum Gasteiger partial charge on any atom is 0.195 e. The Morgan fingerprint density at radius 2 is 1.71 bits per heavy atom. The Hall–Kier alpha value is -2.55. The third-order valence-electron chi connectivity index (χ3n) is 3.71. The fourth-order valence-electron chi connectivity index (χ4n) is 2.86. The number of methoxy groups -OCH3 is 2. The van der Waals surface area contributed by atoms with Crippen LogP contribution < -0.4 is 9.47 Å². The van der Waals surface area contributed by atoms with Gasteiger partial charge < -0.3 is 9.47 Å². The van der Waals surface area contributed by atoms with Gasteiger partial charge in [0, 0.05) is 16.7 Å². The van der Waals surface area contributed by atoms with Gasteiger partial charge in [0.25, 0.3) is 0 Å². The van der Waals surface area contributed by atoms with Gasteiger partial charge in [-0.3, -0.25) is 4.79 Å². The molecule has 106 valence electrons. The molecular weight excluding hydrogens is 264 g/mol. The van der Waals surface area contributed by atoms with Crippen LogP contribution in [0, 0.1) is 0 Å². The van der Waals surface area contributed by atoms with Crippen molar-refractivity contribution in [2.45, 2.75) is 6.92 Å². The van der Waals surface area contributed by atoms with Crippen molar-refractivity contribution in [2.24, 2.45) is 0 Å². The van der Waals surface area contributed by atoms with E-state index in [1.165, 1.54) is 0 Å². The molecule has 3 heteroatoms. The molecule has 3 nitrogen and oxygen atoms in total. The van der Waals surface area contributed by atoms with E-state index in [9.17, 15) is 4.79 Å². The Kier molecular flexibility index (Phi) is 3.26. The molecule has 0 amide bonds. The highest BCUT2D eigenvalue weighted by molar-refractivity contribution is 6.24. The molecule has 0 unspecified atom stereocenters. The van der Waals surface area contributed by atoms with Crippen LogP contribution in [-0.2, 0) is 0 Å². The largest absolute Gasteiger partial charge is 0.493 e. The molecule has 1 aliphatic rings. The van der Waals surface area contributed by atoms with Crippen LogP contribution in [0.5, 0.6) is 11.5 Å². The number of carbonyl (C=O) groups excluding carboxylic acids is 1. The molecule has 0 bridgehead atoms. The standard InChI is InChI=1S/C18H16O3/c1-4-7-11-10-14(20-2)18(21-3)16-12-8-5-6-9-13(12)17(19)15(11)16/h4-10H,1-3H3/b7-4+. The summed E-state index contributed by atoms with van der Waals surface area (Å²) in [4.78, 5) is 12.7. The van der Waals surface area contributed by atoms with Gasteiger partial charge in [-0.1, -0.05) is 36.4 Å². The van der Waals surface area contributed by atoms with Crippen LogP contribution in [0.4, 0.5) is 0 Å². The lowest BCUT2D eigenvalue weighted by atomic mass is 9.98. The molecule has 2 aromatic carbocycles. The molecule has 21 heavy (non-hydrogen) atoms. The lowest BCUT2D eigenvalue weighted by Crippen LogP contribution is -2.01. The van der Waals surface area contributed by atoms with Gasteiger partial charge in [0.15, 0.2) is 17.3 Å². The summed E-state index contributed by atoms with van der Waals surface area (Å²) in [6.07, 6.45) is 3.84. The minimum absolute atomic E-state index is 0.0367. The van der Waals surface area contributed by atoms with Crippen molar-refractivity contribution in [1.82, 2.24) is 0 Å². The number of fused-ring (bicyclic) bond motifs is 3. The van der Waals surface area contributed by atoms with Gasteiger partial charge in [0.2, 0.25) is 0 Å². The average Bonchev–Trinajstić information content (AvgIpc) is 2.81. The van der Waals surface area contributed by atoms with Crippen molar-refractivity contribution in [3.63, 3.8) is 0 Å². The number of benzene rings is 2. The average molecular weight is 280 g/mol. The summed E-state index contributed by atoms with van der Waals surface area (Å²) >= 11 is 0. The fraction of sp³-hybridized carbons (Fsp3) is 0.167. The monoisotopic (exact) mass is 280 g/mol. The molecule has 3 rings (SSSR count). The first-order valence-corrected chi connectivity index (χ1v) is 6.78. The molecule has 0 atom stereocenters. The lowest BCUT2D eigenvalue weighted by Gasteiger charge is -2.14. The van der Waals surface area contributed by atoms with E-state index in [0.717, 1.165) is 16.7 Å². The van der Waals surface area contributed by atoms with Gasteiger partial charge in [0.05, 0.1) is 14.2 Å². The zero-order valence-electron chi connectivity index (χ0n) is 12.3. The fourth-order valence-corrected chi connectivity index (χ4v) is 2.86. The number of hydrogen-bond donors (Lipinski definition) is 0. The SMILES string of the molecule is C/C=C/c1cc(OC)c(OC)c2c1C(=O)c1ccccc1-2. The van der Waals surface area contributed by atoms with E-state index in [1.807, 2.05) is 49.4 Å². The van der Waals surface area contributed by atoms with Gasteiger partial charge >= 0.3 is 0 Å². The topological polar surface area (TPSA) is 35.5 Å². The Balaban J connectivity index is 2.43. The molecule has 1 aliphatic carbocycles. The van der Waals surface area contributed by atoms with Crippen LogP contribution in [0.15, 0.2) is 36.4 Å². The van der Waals surface area contributed by atoms with Crippen LogP contribution in [0.1, 0.15) is 28.4 Å². The van der Waals surface area contributed by atoms with Crippen molar-refractivity contribution < 1.29 is 14.3 Å². The first kappa shape index (κ1) is 13.4. The highest BCUT2D eigenvalue weighted by Crippen LogP contribution is 2.48. The van der Waals surface area contributed by atoms with Crippen molar-refractivity contribution in [1.29, 1.82) is 0 Å². The second-order valence-electron chi connectivity index (χ2n) is 4.83. The van der Waals surface area contributed by atoms with Gasteiger partial charge in [-0.2, -0.15) is 0 Å². The van der Waals surface area contributed by atoms with E-state index in [2.05, 4.69) is 0 Å². The van der Waals surface area contributed by atoms with E-state index in [0.29, 0.717) is 22.6 Å². The molecule has 0 aliphatic heterocycles. The van der Waals surface area contributed by atoms with Gasteiger partial charge in [-0.25, -0.2) is 0 Å². The normalized spacial score (nSPS) is 12.4. The quantitative estimate of drug-likeness (QED) is 0.728. The van der Waals surface area contributed by atoms with Crippen molar-refractivity contribution in [3.05, 3.63) is 53.1 Å². The molecule has 0 fully saturated rings. The van der Waals surface area contributed by atoms with Crippen LogP contribution >= 0.6 is 0 Å². The van der Waals surface area contributed by atoms with E-state index in [4.69, 9.17) is 9.47 Å². The van der Waals surface area contributed by atoms with Crippen molar-refractivity contribution in [3.8, 4) is 22.6 Å². The lowest BCUT2D eigenvalue weighted by molar-refractivity contribution is 0.104. The number of ketones is 1. The summed E-state index contributed by atoms with van der Waals surface area (Å²) in [5.41, 5.74) is 3.98. The highest BCUT2D eigenvalue weighted by Gasteiger charge is 2.33. The van der Waals surface area contributed by atoms with Crippen molar-refractivity contribution in [2.75, 3.05) is 14.2 Å². The van der Waals surface area contributed by atoms with E-state index in [1.54, 1.807) is 14.2 Å².